The lowest BCUT2D eigenvalue weighted by molar-refractivity contribution is 0.208. The molecule has 0 unspecified atom stereocenters. The lowest BCUT2D eigenvalue weighted by Gasteiger charge is -2.34. The number of aromatic amines is 1. The van der Waals surface area contributed by atoms with Gasteiger partial charge in [0.05, 0.1) is 5.69 Å². The number of piperazine rings is 1. The van der Waals surface area contributed by atoms with Crippen molar-refractivity contribution in [3.63, 3.8) is 0 Å². The van der Waals surface area contributed by atoms with Gasteiger partial charge < -0.3 is 15.1 Å². The summed E-state index contributed by atoms with van der Waals surface area (Å²) in [5.41, 5.74) is 3.99. The molecule has 2 N–H and O–H groups in total. The van der Waals surface area contributed by atoms with Crippen LogP contribution in [-0.2, 0) is 6.42 Å². The first kappa shape index (κ1) is 18.0. The Morgan fingerprint density at radius 1 is 1.14 bits per heavy atom. The molecule has 1 fully saturated rings. The zero-order chi connectivity index (χ0) is 19.3. The second-order valence-corrected chi connectivity index (χ2v) is 6.80. The van der Waals surface area contributed by atoms with E-state index in [1.54, 1.807) is 6.20 Å². The topological polar surface area (TPSA) is 77.2 Å². The molecule has 0 bridgehead atoms. The van der Waals surface area contributed by atoms with E-state index < -0.39 is 0 Å². The summed E-state index contributed by atoms with van der Waals surface area (Å²) in [6.07, 6.45) is 4.46. The van der Waals surface area contributed by atoms with Gasteiger partial charge in [-0.25, -0.2) is 4.79 Å². The first-order chi connectivity index (χ1) is 13.7. The van der Waals surface area contributed by atoms with Crippen molar-refractivity contribution in [2.45, 2.75) is 13.3 Å². The quantitative estimate of drug-likeness (QED) is 0.732. The number of carbonyl (C=O) groups is 1. The smallest absolute Gasteiger partial charge is 0.321 e. The second kappa shape index (κ2) is 8.12. The molecular formula is C21H24N6O. The van der Waals surface area contributed by atoms with Crippen LogP contribution in [0.2, 0.25) is 0 Å². The fraction of sp³-hybridized carbons (Fsp3) is 0.286. The Morgan fingerprint density at radius 2 is 1.96 bits per heavy atom. The van der Waals surface area contributed by atoms with Crippen LogP contribution < -0.4 is 10.2 Å². The molecule has 3 aromatic rings. The summed E-state index contributed by atoms with van der Waals surface area (Å²) in [5, 5.41) is 10.6. The van der Waals surface area contributed by atoms with Gasteiger partial charge in [0.2, 0.25) is 0 Å². The highest BCUT2D eigenvalue weighted by molar-refractivity contribution is 5.90. The van der Waals surface area contributed by atoms with E-state index in [0.29, 0.717) is 13.1 Å². The summed E-state index contributed by atoms with van der Waals surface area (Å²) in [5.74, 6) is 0.898. The van der Waals surface area contributed by atoms with E-state index in [1.807, 2.05) is 53.6 Å². The molecule has 2 aromatic heterocycles. The summed E-state index contributed by atoms with van der Waals surface area (Å²) in [4.78, 5) is 20.8. The summed E-state index contributed by atoms with van der Waals surface area (Å²) < 4.78 is 0. The maximum Gasteiger partial charge on any atom is 0.321 e. The number of anilines is 2. The van der Waals surface area contributed by atoms with Gasteiger partial charge in [0.25, 0.3) is 0 Å². The van der Waals surface area contributed by atoms with Crippen LogP contribution in [0.15, 0.2) is 54.9 Å². The molecule has 1 saturated heterocycles. The van der Waals surface area contributed by atoms with Crippen molar-refractivity contribution in [1.82, 2.24) is 20.1 Å². The van der Waals surface area contributed by atoms with Crippen molar-refractivity contribution in [2.24, 2.45) is 0 Å². The normalized spacial score (nSPS) is 14.2. The second-order valence-electron chi connectivity index (χ2n) is 6.80. The van der Waals surface area contributed by atoms with Gasteiger partial charge in [-0.3, -0.25) is 10.1 Å². The third-order valence-electron chi connectivity index (χ3n) is 5.07. The molecule has 4 rings (SSSR count). The van der Waals surface area contributed by atoms with Crippen molar-refractivity contribution in [3.8, 4) is 11.3 Å². The molecule has 1 aromatic carbocycles. The van der Waals surface area contributed by atoms with E-state index in [4.69, 9.17) is 0 Å². The highest BCUT2D eigenvalue weighted by Crippen LogP contribution is 2.22. The number of H-pyrrole nitrogens is 1. The predicted octanol–water partition coefficient (Wildman–Crippen LogP) is 3.39. The summed E-state index contributed by atoms with van der Waals surface area (Å²) in [7, 11) is 0. The first-order valence-corrected chi connectivity index (χ1v) is 9.59. The van der Waals surface area contributed by atoms with E-state index in [9.17, 15) is 4.79 Å². The van der Waals surface area contributed by atoms with Gasteiger partial charge in [-0.2, -0.15) is 5.10 Å². The summed E-state index contributed by atoms with van der Waals surface area (Å²) in [6, 6.07) is 13.8. The third kappa shape index (κ3) is 3.83. The van der Waals surface area contributed by atoms with E-state index in [-0.39, 0.29) is 6.03 Å². The molecule has 0 radical (unpaired) electrons. The minimum absolute atomic E-state index is 0.0429. The molecular weight excluding hydrogens is 352 g/mol. The third-order valence-corrected chi connectivity index (χ3v) is 5.07. The minimum Gasteiger partial charge on any atom is -0.352 e. The van der Waals surface area contributed by atoms with Crippen LogP contribution in [0.25, 0.3) is 11.3 Å². The Balaban J connectivity index is 1.36. The number of pyridine rings is 1. The van der Waals surface area contributed by atoms with Gasteiger partial charge in [0, 0.05) is 55.9 Å². The van der Waals surface area contributed by atoms with Crippen LogP contribution in [-0.4, -0.2) is 52.3 Å². The van der Waals surface area contributed by atoms with E-state index in [1.165, 1.54) is 0 Å². The van der Waals surface area contributed by atoms with Gasteiger partial charge in [0.15, 0.2) is 5.82 Å². The van der Waals surface area contributed by atoms with Crippen LogP contribution in [0, 0.1) is 0 Å². The molecule has 1 aliphatic heterocycles. The number of aryl methyl sites for hydroxylation is 1. The molecule has 0 spiro atoms. The Bertz CT molecular complexity index is 931. The summed E-state index contributed by atoms with van der Waals surface area (Å²) in [6.45, 7) is 4.91. The molecule has 3 heterocycles. The molecule has 0 aliphatic carbocycles. The molecule has 0 atom stereocenters. The number of urea groups is 1. The molecule has 1 aliphatic rings. The van der Waals surface area contributed by atoms with Gasteiger partial charge in [-0.05, 0) is 30.2 Å². The van der Waals surface area contributed by atoms with Crippen molar-refractivity contribution >= 4 is 17.5 Å². The molecule has 28 heavy (non-hydrogen) atoms. The Morgan fingerprint density at radius 3 is 2.71 bits per heavy atom. The van der Waals surface area contributed by atoms with Crippen LogP contribution in [0.3, 0.4) is 0 Å². The number of nitrogens with one attached hydrogen (secondary N) is 2. The van der Waals surface area contributed by atoms with E-state index in [2.05, 4.69) is 32.3 Å². The average Bonchev–Trinajstić information content (AvgIpc) is 3.25. The highest BCUT2D eigenvalue weighted by atomic mass is 16.2. The molecule has 7 heteroatoms. The largest absolute Gasteiger partial charge is 0.352 e. The SMILES string of the molecule is CCc1ccccc1NC(=O)N1CCN(c2cc(-c3cccnc3)[nH]n2)CC1. The Kier molecular flexibility index (Phi) is 5.23. The zero-order valence-electron chi connectivity index (χ0n) is 15.9. The number of nitrogens with zero attached hydrogens (tertiary/aromatic N) is 4. The van der Waals surface area contributed by atoms with Crippen LogP contribution in [0.1, 0.15) is 12.5 Å². The number of aromatic nitrogens is 3. The molecule has 2 amide bonds. The lowest BCUT2D eigenvalue weighted by Crippen LogP contribution is -2.50. The average molecular weight is 376 g/mol. The fourth-order valence-corrected chi connectivity index (χ4v) is 3.43. The van der Waals surface area contributed by atoms with Crippen LogP contribution in [0.4, 0.5) is 16.3 Å². The Hall–Kier alpha value is -3.35. The minimum atomic E-state index is -0.0429. The van der Waals surface area contributed by atoms with Gasteiger partial charge >= 0.3 is 6.03 Å². The Labute approximate surface area is 164 Å². The van der Waals surface area contributed by atoms with Crippen LogP contribution in [0.5, 0.6) is 0 Å². The fourth-order valence-electron chi connectivity index (χ4n) is 3.43. The maximum atomic E-state index is 12.6. The standard InChI is InChI=1S/C21H24N6O/c1-2-16-6-3-4-8-18(16)23-21(28)27-12-10-26(11-13-27)20-14-19(24-25-20)17-7-5-9-22-15-17/h3-9,14-15H,2,10-13H2,1H3,(H,23,28)(H,24,25). The highest BCUT2D eigenvalue weighted by Gasteiger charge is 2.23. The predicted molar refractivity (Wildman–Crippen MR) is 110 cm³/mol. The number of benzene rings is 1. The zero-order valence-corrected chi connectivity index (χ0v) is 15.9. The van der Waals surface area contributed by atoms with E-state index in [0.717, 1.165) is 47.8 Å². The monoisotopic (exact) mass is 376 g/mol. The number of hydrogen-bond donors (Lipinski definition) is 2. The lowest BCUT2D eigenvalue weighted by atomic mass is 10.1. The van der Waals surface area contributed by atoms with Crippen molar-refractivity contribution in [1.29, 1.82) is 0 Å². The van der Waals surface area contributed by atoms with Gasteiger partial charge in [0.1, 0.15) is 0 Å². The maximum absolute atomic E-state index is 12.6. The number of hydrogen-bond acceptors (Lipinski definition) is 4. The molecule has 7 nitrogen and oxygen atoms in total. The molecule has 144 valence electrons. The van der Waals surface area contributed by atoms with E-state index >= 15 is 0 Å². The first-order valence-electron chi connectivity index (χ1n) is 9.59. The van der Waals surface area contributed by atoms with Crippen LogP contribution >= 0.6 is 0 Å². The van der Waals surface area contributed by atoms with Gasteiger partial charge in [-0.15, -0.1) is 0 Å². The van der Waals surface area contributed by atoms with Gasteiger partial charge in [-0.1, -0.05) is 25.1 Å². The number of para-hydroxylation sites is 1. The van der Waals surface area contributed by atoms with Crippen molar-refractivity contribution in [2.75, 3.05) is 36.4 Å². The van der Waals surface area contributed by atoms with Crippen molar-refractivity contribution < 1.29 is 4.79 Å². The number of carbonyl (C=O) groups excluding carboxylic acids is 1. The number of amides is 2. The molecule has 0 saturated carbocycles. The number of rotatable bonds is 4. The summed E-state index contributed by atoms with van der Waals surface area (Å²) >= 11 is 0. The van der Waals surface area contributed by atoms with Crippen molar-refractivity contribution in [3.05, 3.63) is 60.4 Å².